The van der Waals surface area contributed by atoms with Crippen LogP contribution in [0, 0.1) is 19.8 Å². The Kier molecular flexibility index (Phi) is 3.29. The predicted octanol–water partition coefficient (Wildman–Crippen LogP) is 0.891. The second-order valence-electron chi connectivity index (χ2n) is 4.63. The Morgan fingerprint density at radius 3 is 2.56 bits per heavy atom. The molecule has 2 rings (SSSR count). The Hall–Kier alpha value is -1.21. The van der Waals surface area contributed by atoms with Crippen LogP contribution in [-0.2, 0) is 14.8 Å². The molecule has 1 unspecified atom stereocenters. The Morgan fingerprint density at radius 2 is 2.06 bits per heavy atom. The summed E-state index contributed by atoms with van der Waals surface area (Å²) in [5.74, 6) is 0.145. The van der Waals surface area contributed by atoms with E-state index in [1.54, 1.807) is 20.8 Å². The lowest BCUT2D eigenvalue weighted by Crippen LogP contribution is -2.43. The van der Waals surface area contributed by atoms with Crippen molar-refractivity contribution in [3.8, 4) is 0 Å². The molecule has 1 atom stereocenters. The normalized spacial score (nSPS) is 22.4. The Morgan fingerprint density at radius 1 is 1.39 bits per heavy atom. The van der Waals surface area contributed by atoms with E-state index in [-0.39, 0.29) is 41.9 Å². The minimum absolute atomic E-state index is 0.111. The van der Waals surface area contributed by atoms with Gasteiger partial charge in [-0.05, 0) is 13.8 Å². The molecule has 7 heteroatoms. The van der Waals surface area contributed by atoms with Gasteiger partial charge in [0.1, 0.15) is 16.4 Å². The number of aromatic nitrogens is 1. The van der Waals surface area contributed by atoms with Crippen LogP contribution in [0.1, 0.15) is 24.8 Å². The number of carbonyl (C=O) groups excluding carboxylic acids is 1. The van der Waals surface area contributed by atoms with E-state index in [9.17, 15) is 13.2 Å². The maximum absolute atomic E-state index is 12.5. The SMILES string of the molecule is Cc1noc(C)c1S(=O)(=O)N1CCC(=O)C(C)C1. The molecule has 0 saturated carbocycles. The van der Waals surface area contributed by atoms with Crippen molar-refractivity contribution < 1.29 is 17.7 Å². The summed E-state index contributed by atoms with van der Waals surface area (Å²) in [6.45, 7) is 5.38. The maximum atomic E-state index is 12.5. The third kappa shape index (κ3) is 2.08. The number of Topliss-reactive ketones (excluding diaryl/α,β-unsaturated/α-hetero) is 1. The van der Waals surface area contributed by atoms with Gasteiger partial charge >= 0.3 is 0 Å². The molecule has 1 saturated heterocycles. The van der Waals surface area contributed by atoms with Crippen molar-refractivity contribution in [2.24, 2.45) is 5.92 Å². The van der Waals surface area contributed by atoms with Crippen LogP contribution in [0.3, 0.4) is 0 Å². The lowest BCUT2D eigenvalue weighted by atomic mass is 10.0. The van der Waals surface area contributed by atoms with Gasteiger partial charge in [-0.3, -0.25) is 4.79 Å². The summed E-state index contributed by atoms with van der Waals surface area (Å²) >= 11 is 0. The molecule has 0 N–H and O–H groups in total. The summed E-state index contributed by atoms with van der Waals surface area (Å²) in [4.78, 5) is 11.6. The van der Waals surface area contributed by atoms with Gasteiger partial charge in [-0.25, -0.2) is 8.42 Å². The van der Waals surface area contributed by atoms with E-state index in [4.69, 9.17) is 4.52 Å². The highest BCUT2D eigenvalue weighted by Gasteiger charge is 2.35. The lowest BCUT2D eigenvalue weighted by Gasteiger charge is -2.28. The van der Waals surface area contributed by atoms with Gasteiger partial charge in [-0.2, -0.15) is 4.31 Å². The first-order valence-electron chi connectivity index (χ1n) is 5.79. The summed E-state index contributed by atoms with van der Waals surface area (Å²) in [7, 11) is -3.61. The van der Waals surface area contributed by atoms with Crippen molar-refractivity contribution in [1.82, 2.24) is 9.46 Å². The van der Waals surface area contributed by atoms with Crippen LogP contribution in [0.4, 0.5) is 0 Å². The standard InChI is InChI=1S/C11H16N2O4S/c1-7-6-13(5-4-10(7)14)18(15,16)11-8(2)12-17-9(11)3/h7H,4-6H2,1-3H3. The first kappa shape index (κ1) is 13.2. The third-order valence-corrected chi connectivity index (χ3v) is 5.31. The highest BCUT2D eigenvalue weighted by Crippen LogP contribution is 2.26. The largest absolute Gasteiger partial charge is 0.360 e. The van der Waals surface area contributed by atoms with E-state index in [0.29, 0.717) is 5.69 Å². The van der Waals surface area contributed by atoms with E-state index in [0.717, 1.165) is 0 Å². The summed E-state index contributed by atoms with van der Waals surface area (Å²) < 4.78 is 31.2. The van der Waals surface area contributed by atoms with Crippen molar-refractivity contribution in [2.75, 3.05) is 13.1 Å². The second-order valence-corrected chi connectivity index (χ2v) is 6.51. The van der Waals surface area contributed by atoms with Crippen LogP contribution in [0.15, 0.2) is 9.42 Å². The molecule has 1 aliphatic heterocycles. The molecule has 0 aliphatic carbocycles. The van der Waals surface area contributed by atoms with Gasteiger partial charge in [0.05, 0.1) is 0 Å². The topological polar surface area (TPSA) is 80.5 Å². The number of rotatable bonds is 2. The van der Waals surface area contributed by atoms with Crippen molar-refractivity contribution >= 4 is 15.8 Å². The van der Waals surface area contributed by atoms with Crippen molar-refractivity contribution in [1.29, 1.82) is 0 Å². The van der Waals surface area contributed by atoms with Crippen molar-refractivity contribution in [2.45, 2.75) is 32.1 Å². The Balaban J connectivity index is 2.36. The van der Waals surface area contributed by atoms with E-state index in [1.165, 1.54) is 4.31 Å². The number of aryl methyl sites for hydroxylation is 2. The van der Waals surface area contributed by atoms with Gasteiger partial charge in [0.15, 0.2) is 5.76 Å². The second kappa shape index (κ2) is 4.47. The molecule has 100 valence electrons. The van der Waals surface area contributed by atoms with Gasteiger partial charge < -0.3 is 4.52 Å². The molecule has 0 radical (unpaired) electrons. The monoisotopic (exact) mass is 272 g/mol. The van der Waals surface area contributed by atoms with Crippen molar-refractivity contribution in [3.05, 3.63) is 11.5 Å². The number of ketones is 1. The Labute approximate surface area is 106 Å². The molecule has 1 aliphatic rings. The number of hydrogen-bond donors (Lipinski definition) is 0. The Bertz CT molecular complexity index is 556. The molecule has 1 fully saturated rings. The first-order valence-corrected chi connectivity index (χ1v) is 7.23. The average Bonchev–Trinajstić information content (AvgIpc) is 2.62. The molecule has 0 bridgehead atoms. The summed E-state index contributed by atoms with van der Waals surface area (Å²) in [6, 6.07) is 0. The quantitative estimate of drug-likeness (QED) is 0.798. The third-order valence-electron chi connectivity index (χ3n) is 3.20. The summed E-state index contributed by atoms with van der Waals surface area (Å²) in [6.07, 6.45) is 0.268. The smallest absolute Gasteiger partial charge is 0.248 e. The molecular weight excluding hydrogens is 256 g/mol. The van der Waals surface area contributed by atoms with E-state index < -0.39 is 10.0 Å². The van der Waals surface area contributed by atoms with E-state index in [1.807, 2.05) is 0 Å². The molecule has 0 amide bonds. The highest BCUT2D eigenvalue weighted by molar-refractivity contribution is 7.89. The number of piperidine rings is 1. The molecular formula is C11H16N2O4S. The van der Waals surface area contributed by atoms with Gasteiger partial charge in [0.25, 0.3) is 0 Å². The maximum Gasteiger partial charge on any atom is 0.248 e. The van der Waals surface area contributed by atoms with Gasteiger partial charge in [0.2, 0.25) is 10.0 Å². The van der Waals surface area contributed by atoms with Crippen LogP contribution >= 0.6 is 0 Å². The van der Waals surface area contributed by atoms with E-state index >= 15 is 0 Å². The highest BCUT2D eigenvalue weighted by atomic mass is 32.2. The molecule has 0 aromatic carbocycles. The van der Waals surface area contributed by atoms with Crippen LogP contribution in [0.2, 0.25) is 0 Å². The zero-order valence-electron chi connectivity index (χ0n) is 10.6. The van der Waals surface area contributed by atoms with E-state index in [2.05, 4.69) is 5.16 Å². The molecule has 1 aromatic rings. The van der Waals surface area contributed by atoms with Gasteiger partial charge in [-0.15, -0.1) is 0 Å². The number of sulfonamides is 1. The molecule has 18 heavy (non-hydrogen) atoms. The van der Waals surface area contributed by atoms with Gasteiger partial charge in [-0.1, -0.05) is 12.1 Å². The van der Waals surface area contributed by atoms with Gasteiger partial charge in [0, 0.05) is 25.4 Å². The fraction of sp³-hybridized carbons (Fsp3) is 0.636. The molecule has 6 nitrogen and oxygen atoms in total. The van der Waals surface area contributed by atoms with Crippen molar-refractivity contribution in [3.63, 3.8) is 0 Å². The zero-order chi connectivity index (χ0) is 13.5. The summed E-state index contributed by atoms with van der Waals surface area (Å²) in [5.41, 5.74) is 0.358. The predicted molar refractivity (Wildman–Crippen MR) is 63.5 cm³/mol. The molecule has 0 spiro atoms. The fourth-order valence-electron chi connectivity index (χ4n) is 2.17. The lowest BCUT2D eigenvalue weighted by molar-refractivity contribution is -0.124. The van der Waals surface area contributed by atoms with Crippen LogP contribution in [-0.4, -0.2) is 36.8 Å². The molecule has 1 aromatic heterocycles. The minimum atomic E-state index is -3.61. The number of nitrogens with zero attached hydrogens (tertiary/aromatic N) is 2. The van der Waals surface area contributed by atoms with Crippen LogP contribution < -0.4 is 0 Å². The first-order chi connectivity index (χ1) is 8.34. The number of hydrogen-bond acceptors (Lipinski definition) is 5. The summed E-state index contributed by atoms with van der Waals surface area (Å²) in [5, 5.41) is 3.66. The fourth-order valence-corrected chi connectivity index (χ4v) is 3.99. The average molecular weight is 272 g/mol. The zero-order valence-corrected chi connectivity index (χ0v) is 11.5. The van der Waals surface area contributed by atoms with Crippen LogP contribution in [0.25, 0.3) is 0 Å². The molecule has 2 heterocycles. The van der Waals surface area contributed by atoms with Crippen LogP contribution in [0.5, 0.6) is 0 Å². The minimum Gasteiger partial charge on any atom is -0.360 e. The number of carbonyl (C=O) groups is 1.